The Balaban J connectivity index is 1.76. The maximum Gasteiger partial charge on any atom is 0.494 e. The molecule has 1 amide bonds. The van der Waals surface area contributed by atoms with Crippen LogP contribution in [0.5, 0.6) is 5.75 Å². The second-order valence-corrected chi connectivity index (χ2v) is 9.35. The zero-order chi connectivity index (χ0) is 23.5. The van der Waals surface area contributed by atoms with Crippen LogP contribution < -0.4 is 20.8 Å². The zero-order valence-corrected chi connectivity index (χ0v) is 18.9. The number of nitrogens with zero attached hydrogens (tertiary/aromatic N) is 1. The minimum Gasteiger partial charge on any atom is -0.471 e. The Kier molecular flexibility index (Phi) is 5.35. The first-order valence-corrected chi connectivity index (χ1v) is 10.6. The van der Waals surface area contributed by atoms with Gasteiger partial charge in [-0.1, -0.05) is 6.07 Å². The van der Waals surface area contributed by atoms with Crippen molar-refractivity contribution in [3.63, 3.8) is 0 Å². The first-order chi connectivity index (χ1) is 14.9. The van der Waals surface area contributed by atoms with Crippen LogP contribution in [0.4, 0.5) is 14.5 Å². The van der Waals surface area contributed by atoms with Crippen molar-refractivity contribution < 1.29 is 27.6 Å². The van der Waals surface area contributed by atoms with E-state index < -0.39 is 41.5 Å². The fourth-order valence-electron chi connectivity index (χ4n) is 3.95. The van der Waals surface area contributed by atoms with Gasteiger partial charge in [0.25, 0.3) is 5.91 Å². The molecule has 0 radical (unpaired) electrons. The number of anilines is 1. The summed E-state index contributed by atoms with van der Waals surface area (Å²) in [7, 11) is -0.620. The monoisotopic (exact) mass is 444 g/mol. The van der Waals surface area contributed by atoms with Gasteiger partial charge in [-0.05, 0) is 64.3 Å². The first-order valence-electron chi connectivity index (χ1n) is 10.6. The molecule has 2 N–H and O–H groups in total. The number of ether oxygens (including phenoxy) is 1. The fourth-order valence-corrected chi connectivity index (χ4v) is 3.95. The van der Waals surface area contributed by atoms with Crippen LogP contribution in [0.2, 0.25) is 0 Å². The number of carbonyl (C=O) groups is 1. The number of carbonyl (C=O) groups excluding carboxylic acids is 1. The second-order valence-electron chi connectivity index (χ2n) is 9.35. The maximum absolute atomic E-state index is 13.9. The Hall–Kier alpha value is -2.49. The van der Waals surface area contributed by atoms with Crippen molar-refractivity contribution >= 4 is 24.2 Å². The van der Waals surface area contributed by atoms with Crippen LogP contribution in [0.3, 0.4) is 0 Å². The Morgan fingerprint density at radius 2 is 1.56 bits per heavy atom. The van der Waals surface area contributed by atoms with Crippen LogP contribution in [-0.4, -0.2) is 37.3 Å². The number of hydrogen-bond donors (Lipinski definition) is 1. The Morgan fingerprint density at radius 1 is 0.969 bits per heavy atom. The van der Waals surface area contributed by atoms with Gasteiger partial charge in [-0.3, -0.25) is 4.79 Å². The van der Waals surface area contributed by atoms with Gasteiger partial charge in [0.15, 0.2) is 0 Å². The lowest BCUT2D eigenvalue weighted by Gasteiger charge is -2.41. The topological polar surface area (TPSA) is 74.0 Å². The van der Waals surface area contributed by atoms with Gasteiger partial charge in [0.05, 0.1) is 16.9 Å². The van der Waals surface area contributed by atoms with E-state index in [0.29, 0.717) is 11.4 Å². The molecule has 2 aliphatic rings. The molecule has 2 heterocycles. The second kappa shape index (κ2) is 7.54. The van der Waals surface area contributed by atoms with Gasteiger partial charge in [0.1, 0.15) is 17.4 Å². The third kappa shape index (κ3) is 3.58. The standard InChI is InChI=1S/C23H27BF2N2O4/c1-21(2)22(3,4)32-24(31-21)15-6-7-19-18(12-15)28(9-8-27)20(29)23(5,30-19)14-10-16(25)13-17(26)11-14/h6-7,10-13H,8-9,27H2,1-5H3/t23-/m0/s1. The van der Waals surface area contributed by atoms with Gasteiger partial charge in [0, 0.05) is 24.7 Å². The van der Waals surface area contributed by atoms with E-state index in [-0.39, 0.29) is 18.7 Å². The molecule has 1 fully saturated rings. The van der Waals surface area contributed by atoms with Crippen LogP contribution in [0, 0.1) is 11.6 Å². The third-order valence-electron chi connectivity index (χ3n) is 6.53. The summed E-state index contributed by atoms with van der Waals surface area (Å²) in [5, 5.41) is 0. The van der Waals surface area contributed by atoms with E-state index in [0.717, 1.165) is 23.7 Å². The molecular weight excluding hydrogens is 417 g/mol. The Labute approximate surface area is 186 Å². The average molecular weight is 444 g/mol. The lowest BCUT2D eigenvalue weighted by molar-refractivity contribution is -0.134. The van der Waals surface area contributed by atoms with E-state index in [9.17, 15) is 13.6 Å². The number of fused-ring (bicyclic) bond motifs is 1. The molecule has 1 atom stereocenters. The van der Waals surface area contributed by atoms with Gasteiger partial charge in [-0.25, -0.2) is 8.78 Å². The number of amides is 1. The molecule has 2 aromatic rings. The highest BCUT2D eigenvalue weighted by Gasteiger charge is 2.52. The van der Waals surface area contributed by atoms with Crippen LogP contribution in [0.15, 0.2) is 36.4 Å². The summed E-state index contributed by atoms with van der Waals surface area (Å²) in [5.74, 6) is -1.65. The SMILES string of the molecule is CC1(C)OB(c2ccc3c(c2)N(CCN)C(=O)[C@](C)(c2cc(F)cc(F)c2)O3)OC1(C)C. The van der Waals surface area contributed by atoms with Gasteiger partial charge >= 0.3 is 7.12 Å². The number of hydrogen-bond acceptors (Lipinski definition) is 5. The summed E-state index contributed by atoms with van der Waals surface area (Å²) in [6.45, 7) is 9.74. The lowest BCUT2D eigenvalue weighted by Crippen LogP contribution is -2.54. The first kappa shape index (κ1) is 22.7. The predicted molar refractivity (Wildman–Crippen MR) is 118 cm³/mol. The minimum absolute atomic E-state index is 0.0858. The van der Waals surface area contributed by atoms with Crippen molar-refractivity contribution in [2.75, 3.05) is 18.0 Å². The van der Waals surface area contributed by atoms with Gasteiger partial charge < -0.3 is 24.7 Å². The van der Waals surface area contributed by atoms with Crippen LogP contribution in [-0.2, 0) is 19.7 Å². The molecule has 32 heavy (non-hydrogen) atoms. The number of nitrogens with two attached hydrogens (primary N) is 1. The molecule has 1 saturated heterocycles. The van der Waals surface area contributed by atoms with Gasteiger partial charge in [-0.15, -0.1) is 0 Å². The van der Waals surface area contributed by atoms with Crippen LogP contribution in [0.1, 0.15) is 40.2 Å². The van der Waals surface area contributed by atoms with E-state index in [2.05, 4.69) is 0 Å². The van der Waals surface area contributed by atoms with E-state index in [4.69, 9.17) is 19.8 Å². The quantitative estimate of drug-likeness (QED) is 0.735. The summed E-state index contributed by atoms with van der Waals surface area (Å²) in [4.78, 5) is 15.0. The van der Waals surface area contributed by atoms with Gasteiger partial charge in [0.2, 0.25) is 5.60 Å². The summed E-state index contributed by atoms with van der Waals surface area (Å²) in [6, 6.07) is 8.24. The van der Waals surface area contributed by atoms with Crippen molar-refractivity contribution in [2.45, 2.75) is 51.4 Å². The van der Waals surface area contributed by atoms with E-state index >= 15 is 0 Å². The molecule has 4 rings (SSSR count). The van der Waals surface area contributed by atoms with Crippen molar-refractivity contribution in [3.05, 3.63) is 53.6 Å². The maximum atomic E-state index is 13.9. The minimum atomic E-state index is -1.61. The summed E-state index contributed by atoms with van der Waals surface area (Å²) in [6.07, 6.45) is 0. The van der Waals surface area contributed by atoms with Crippen molar-refractivity contribution in [1.82, 2.24) is 0 Å². The van der Waals surface area contributed by atoms with Crippen molar-refractivity contribution in [2.24, 2.45) is 5.73 Å². The molecule has 0 unspecified atom stereocenters. The molecule has 0 aliphatic carbocycles. The molecular formula is C23H27BF2N2O4. The van der Waals surface area contributed by atoms with E-state index in [1.807, 2.05) is 27.7 Å². The normalized spacial score (nSPS) is 23.8. The third-order valence-corrected chi connectivity index (χ3v) is 6.53. The molecule has 0 spiro atoms. The van der Waals surface area contributed by atoms with E-state index in [1.54, 1.807) is 18.2 Å². The number of halogens is 2. The number of benzene rings is 2. The predicted octanol–water partition coefficient (Wildman–Crippen LogP) is 2.86. The highest BCUT2D eigenvalue weighted by molar-refractivity contribution is 6.62. The largest absolute Gasteiger partial charge is 0.494 e. The van der Waals surface area contributed by atoms with Gasteiger partial charge in [-0.2, -0.15) is 0 Å². The highest BCUT2D eigenvalue weighted by atomic mass is 19.1. The molecule has 0 saturated carbocycles. The highest BCUT2D eigenvalue weighted by Crippen LogP contribution is 2.43. The molecule has 6 nitrogen and oxygen atoms in total. The number of rotatable bonds is 4. The molecule has 0 bridgehead atoms. The fraction of sp³-hybridized carbons (Fsp3) is 0.435. The van der Waals surface area contributed by atoms with Crippen molar-refractivity contribution in [1.29, 1.82) is 0 Å². The summed E-state index contributed by atoms with van der Waals surface area (Å²) >= 11 is 0. The van der Waals surface area contributed by atoms with E-state index in [1.165, 1.54) is 11.8 Å². The van der Waals surface area contributed by atoms with Crippen LogP contribution >= 0.6 is 0 Å². The molecule has 2 aliphatic heterocycles. The Bertz CT molecular complexity index is 1040. The molecule has 0 aromatic heterocycles. The molecule has 170 valence electrons. The Morgan fingerprint density at radius 3 is 2.12 bits per heavy atom. The lowest BCUT2D eigenvalue weighted by atomic mass is 9.78. The molecule has 2 aromatic carbocycles. The average Bonchev–Trinajstić information content (AvgIpc) is 2.91. The van der Waals surface area contributed by atoms with Crippen molar-refractivity contribution in [3.8, 4) is 5.75 Å². The zero-order valence-electron chi connectivity index (χ0n) is 18.9. The summed E-state index contributed by atoms with van der Waals surface area (Å²) < 4.78 is 46.1. The molecule has 9 heteroatoms. The van der Waals surface area contributed by atoms with Crippen LogP contribution in [0.25, 0.3) is 0 Å². The smallest absolute Gasteiger partial charge is 0.471 e. The summed E-state index contributed by atoms with van der Waals surface area (Å²) in [5.41, 5.74) is 4.44.